The molecule has 5 nitrogen and oxygen atoms in total. The minimum Gasteiger partial charge on any atom is -0.361 e. The van der Waals surface area contributed by atoms with Crippen LogP contribution in [0.3, 0.4) is 0 Å². The summed E-state index contributed by atoms with van der Waals surface area (Å²) in [5, 5.41) is 7.65. The summed E-state index contributed by atoms with van der Waals surface area (Å²) in [5.41, 5.74) is 2.56. The minimum atomic E-state index is -0.0694. The third-order valence-corrected chi connectivity index (χ3v) is 4.59. The van der Waals surface area contributed by atoms with Gasteiger partial charge in [0, 0.05) is 24.1 Å². The predicted molar refractivity (Wildman–Crippen MR) is 91.6 cm³/mol. The summed E-state index contributed by atoms with van der Waals surface area (Å²) in [6.07, 6.45) is 2.67. The van der Waals surface area contributed by atoms with Crippen molar-refractivity contribution in [2.45, 2.75) is 44.9 Å². The number of hydrogen-bond donors (Lipinski definition) is 1. The van der Waals surface area contributed by atoms with Gasteiger partial charge in [0.2, 0.25) is 0 Å². The van der Waals surface area contributed by atoms with Crippen LogP contribution < -0.4 is 5.32 Å². The van der Waals surface area contributed by atoms with E-state index in [1.165, 1.54) is 11.8 Å². The van der Waals surface area contributed by atoms with Gasteiger partial charge in [0.25, 0.3) is 5.91 Å². The second-order valence-electron chi connectivity index (χ2n) is 5.89. The van der Waals surface area contributed by atoms with E-state index in [4.69, 9.17) is 4.52 Å². The minimum absolute atomic E-state index is 0.0694. The van der Waals surface area contributed by atoms with Crippen LogP contribution in [0.15, 0.2) is 27.9 Å². The van der Waals surface area contributed by atoms with E-state index in [1.54, 1.807) is 12.3 Å². The van der Waals surface area contributed by atoms with Gasteiger partial charge in [0.05, 0.1) is 11.3 Å². The monoisotopic (exact) mass is 333 g/mol. The Morgan fingerprint density at radius 2 is 2.17 bits per heavy atom. The highest BCUT2D eigenvalue weighted by Crippen LogP contribution is 2.27. The molecule has 2 aromatic rings. The topological polar surface area (TPSA) is 68.0 Å². The van der Waals surface area contributed by atoms with Crippen LogP contribution in [0, 0.1) is 19.8 Å². The van der Waals surface area contributed by atoms with E-state index in [-0.39, 0.29) is 5.91 Å². The highest BCUT2D eigenvalue weighted by molar-refractivity contribution is 7.98. The Bertz CT molecular complexity index is 648. The summed E-state index contributed by atoms with van der Waals surface area (Å²) in [7, 11) is 0. The van der Waals surface area contributed by atoms with Crippen LogP contribution >= 0.6 is 11.8 Å². The number of pyridine rings is 1. The molecule has 124 valence electrons. The molecule has 0 aliphatic carbocycles. The fraction of sp³-hybridized carbons (Fsp3) is 0.471. The van der Waals surface area contributed by atoms with Gasteiger partial charge in [-0.2, -0.15) is 0 Å². The first kappa shape index (κ1) is 17.5. The second-order valence-corrected chi connectivity index (χ2v) is 6.85. The van der Waals surface area contributed by atoms with Crippen molar-refractivity contribution >= 4 is 17.7 Å². The van der Waals surface area contributed by atoms with Gasteiger partial charge in [-0.3, -0.25) is 4.79 Å². The Morgan fingerprint density at radius 3 is 2.83 bits per heavy atom. The molecule has 0 spiro atoms. The first-order chi connectivity index (χ1) is 11.0. The molecule has 2 rings (SSSR count). The SMILES string of the molecule is Cc1noc(C)c1CSc1ncccc1C(=O)NCCC(C)C. The average molecular weight is 333 g/mol. The van der Waals surface area contributed by atoms with Crippen LogP contribution in [0.5, 0.6) is 0 Å². The van der Waals surface area contributed by atoms with Crippen LogP contribution in [0.4, 0.5) is 0 Å². The van der Waals surface area contributed by atoms with Crippen molar-refractivity contribution in [2.24, 2.45) is 5.92 Å². The molecule has 0 atom stereocenters. The Hall–Kier alpha value is -1.82. The molecule has 0 aromatic carbocycles. The number of nitrogens with one attached hydrogen (secondary N) is 1. The molecule has 0 saturated heterocycles. The number of hydrogen-bond acceptors (Lipinski definition) is 5. The van der Waals surface area contributed by atoms with Crippen molar-refractivity contribution in [3.8, 4) is 0 Å². The number of carbonyl (C=O) groups is 1. The van der Waals surface area contributed by atoms with Crippen LogP contribution in [0.1, 0.15) is 47.6 Å². The van der Waals surface area contributed by atoms with Gasteiger partial charge >= 0.3 is 0 Å². The zero-order valence-electron chi connectivity index (χ0n) is 14.0. The average Bonchev–Trinajstić information content (AvgIpc) is 2.84. The molecule has 0 aliphatic rings. The molecule has 0 unspecified atom stereocenters. The Kier molecular flexibility index (Phi) is 6.21. The maximum absolute atomic E-state index is 12.3. The number of nitrogens with zero attached hydrogens (tertiary/aromatic N) is 2. The first-order valence-corrected chi connectivity index (χ1v) is 8.75. The van der Waals surface area contributed by atoms with Crippen molar-refractivity contribution in [1.29, 1.82) is 0 Å². The molecule has 0 bridgehead atoms. The molecule has 23 heavy (non-hydrogen) atoms. The quantitative estimate of drug-likeness (QED) is 0.782. The van der Waals surface area contributed by atoms with Crippen molar-refractivity contribution in [3.63, 3.8) is 0 Å². The summed E-state index contributed by atoms with van der Waals surface area (Å²) in [6, 6.07) is 3.60. The van der Waals surface area contributed by atoms with Gasteiger partial charge < -0.3 is 9.84 Å². The van der Waals surface area contributed by atoms with E-state index < -0.39 is 0 Å². The van der Waals surface area contributed by atoms with Gasteiger partial charge in [0.1, 0.15) is 10.8 Å². The Labute approximate surface area is 141 Å². The maximum Gasteiger partial charge on any atom is 0.254 e. The summed E-state index contributed by atoms with van der Waals surface area (Å²) in [6.45, 7) is 8.78. The van der Waals surface area contributed by atoms with E-state index in [2.05, 4.69) is 29.3 Å². The smallest absolute Gasteiger partial charge is 0.254 e. The summed E-state index contributed by atoms with van der Waals surface area (Å²) < 4.78 is 5.17. The number of rotatable bonds is 7. The number of thioether (sulfide) groups is 1. The zero-order chi connectivity index (χ0) is 16.8. The normalized spacial score (nSPS) is 11.0. The van der Waals surface area contributed by atoms with Crippen LogP contribution in [-0.2, 0) is 5.75 Å². The highest BCUT2D eigenvalue weighted by Gasteiger charge is 2.15. The molecule has 2 aromatic heterocycles. The van der Waals surface area contributed by atoms with E-state index in [0.29, 0.717) is 23.8 Å². The third-order valence-electron chi connectivity index (χ3n) is 3.56. The Morgan fingerprint density at radius 1 is 1.39 bits per heavy atom. The predicted octanol–water partition coefficient (Wildman–Crippen LogP) is 3.75. The van der Waals surface area contributed by atoms with Crippen LogP contribution in [0.25, 0.3) is 0 Å². The number of aryl methyl sites for hydroxylation is 2. The molecular weight excluding hydrogens is 310 g/mol. The largest absolute Gasteiger partial charge is 0.361 e. The second kappa shape index (κ2) is 8.15. The van der Waals surface area contributed by atoms with Crippen LogP contribution in [-0.4, -0.2) is 22.6 Å². The van der Waals surface area contributed by atoms with Crippen LogP contribution in [0.2, 0.25) is 0 Å². The van der Waals surface area contributed by atoms with E-state index >= 15 is 0 Å². The van der Waals surface area contributed by atoms with Gasteiger partial charge in [-0.25, -0.2) is 4.98 Å². The van der Waals surface area contributed by atoms with Crippen molar-refractivity contribution in [3.05, 3.63) is 40.9 Å². The maximum atomic E-state index is 12.3. The molecule has 0 saturated carbocycles. The summed E-state index contributed by atoms with van der Waals surface area (Å²) in [5.74, 6) is 2.00. The standard InChI is InChI=1S/C17H23N3O2S/c1-11(2)7-9-18-16(21)14-6-5-8-19-17(14)23-10-15-12(3)20-22-13(15)4/h5-6,8,11H,7,9-10H2,1-4H3,(H,18,21). The summed E-state index contributed by atoms with van der Waals surface area (Å²) in [4.78, 5) is 16.7. The number of aromatic nitrogens is 2. The molecular formula is C17H23N3O2S. The van der Waals surface area contributed by atoms with Gasteiger partial charge in [0.15, 0.2) is 0 Å². The van der Waals surface area contributed by atoms with E-state index in [0.717, 1.165) is 28.5 Å². The molecule has 1 N–H and O–H groups in total. The molecule has 2 heterocycles. The van der Waals surface area contributed by atoms with Gasteiger partial charge in [-0.15, -0.1) is 11.8 Å². The first-order valence-electron chi connectivity index (χ1n) is 7.76. The van der Waals surface area contributed by atoms with Crippen molar-refractivity contribution < 1.29 is 9.32 Å². The molecule has 0 radical (unpaired) electrons. The van der Waals surface area contributed by atoms with Gasteiger partial charge in [-0.05, 0) is 38.3 Å². The fourth-order valence-corrected chi connectivity index (χ4v) is 3.24. The van der Waals surface area contributed by atoms with Gasteiger partial charge in [-0.1, -0.05) is 19.0 Å². The van der Waals surface area contributed by atoms with Crippen molar-refractivity contribution in [2.75, 3.05) is 6.54 Å². The molecule has 0 fully saturated rings. The number of amides is 1. The fourth-order valence-electron chi connectivity index (χ4n) is 2.10. The van der Waals surface area contributed by atoms with Crippen molar-refractivity contribution in [1.82, 2.24) is 15.5 Å². The zero-order valence-corrected chi connectivity index (χ0v) is 14.9. The lowest BCUT2D eigenvalue weighted by Crippen LogP contribution is -2.26. The number of carbonyl (C=O) groups excluding carboxylic acids is 1. The Balaban J connectivity index is 2.04. The lowest BCUT2D eigenvalue weighted by atomic mass is 10.1. The van der Waals surface area contributed by atoms with E-state index in [9.17, 15) is 4.79 Å². The lowest BCUT2D eigenvalue weighted by Gasteiger charge is -2.10. The third kappa shape index (κ3) is 4.82. The molecule has 0 aliphatic heterocycles. The molecule has 1 amide bonds. The van der Waals surface area contributed by atoms with E-state index in [1.807, 2.05) is 19.9 Å². The highest BCUT2D eigenvalue weighted by atomic mass is 32.2. The molecule has 6 heteroatoms. The summed E-state index contributed by atoms with van der Waals surface area (Å²) >= 11 is 1.53. The lowest BCUT2D eigenvalue weighted by molar-refractivity contribution is 0.0948.